The molecule has 2 heterocycles. The number of hydrogen-bond acceptors (Lipinski definition) is 4. The van der Waals surface area contributed by atoms with Crippen molar-refractivity contribution in [3.63, 3.8) is 0 Å². The maximum Gasteiger partial charge on any atom is 0.416 e. The van der Waals surface area contributed by atoms with Gasteiger partial charge in [0.1, 0.15) is 5.82 Å². The van der Waals surface area contributed by atoms with Gasteiger partial charge < -0.3 is 19.6 Å². The van der Waals surface area contributed by atoms with Crippen LogP contribution in [-0.4, -0.2) is 27.0 Å². The number of H-pyrrole nitrogens is 1. The second-order valence-electron chi connectivity index (χ2n) is 8.23. The number of nitrogens with zero attached hydrogens (tertiary/aromatic N) is 2. The molecule has 0 bridgehead atoms. The average Bonchev–Trinajstić information content (AvgIpc) is 3.27. The number of aromatic amines is 1. The number of imidazole rings is 1. The van der Waals surface area contributed by atoms with E-state index in [-0.39, 0.29) is 41.7 Å². The van der Waals surface area contributed by atoms with Crippen LogP contribution in [0.4, 0.5) is 23.2 Å². The van der Waals surface area contributed by atoms with Crippen LogP contribution in [0, 0.1) is 12.7 Å². The molecule has 12 heteroatoms. The van der Waals surface area contributed by atoms with Gasteiger partial charge in [0.15, 0.2) is 5.75 Å². The number of hydrogen-bond donors (Lipinski definition) is 2. The van der Waals surface area contributed by atoms with Gasteiger partial charge in [-0.3, -0.25) is 9.59 Å². The van der Waals surface area contributed by atoms with Crippen molar-refractivity contribution in [2.75, 3.05) is 11.9 Å². The minimum Gasteiger partial charge on any atom is -0.488 e. The molecule has 4 aromatic rings. The number of halogens is 5. The number of rotatable bonds is 7. The van der Waals surface area contributed by atoms with Crippen molar-refractivity contribution in [2.24, 2.45) is 0 Å². The van der Waals surface area contributed by atoms with E-state index in [1.54, 1.807) is 26.1 Å². The highest BCUT2D eigenvalue weighted by Crippen LogP contribution is 2.33. The van der Waals surface area contributed by atoms with E-state index in [0.29, 0.717) is 16.8 Å². The number of aromatic nitrogens is 3. The van der Waals surface area contributed by atoms with Crippen molar-refractivity contribution in [1.29, 1.82) is 0 Å². The maximum absolute atomic E-state index is 14.8. The van der Waals surface area contributed by atoms with E-state index >= 15 is 0 Å². The van der Waals surface area contributed by atoms with Crippen LogP contribution in [0.15, 0.2) is 66.0 Å². The number of aryl methyl sites for hydroxylation is 1. The molecule has 0 spiro atoms. The van der Waals surface area contributed by atoms with Crippen LogP contribution in [0.5, 0.6) is 5.75 Å². The Bertz CT molecular complexity index is 1520. The highest BCUT2D eigenvalue weighted by molar-refractivity contribution is 5.92. The second-order valence-corrected chi connectivity index (χ2v) is 8.23. The summed E-state index contributed by atoms with van der Waals surface area (Å²) in [6.45, 7) is 3.70. The quantitative estimate of drug-likeness (QED) is 0.289. The summed E-state index contributed by atoms with van der Waals surface area (Å²) in [7, 11) is 0. The fourth-order valence-electron chi connectivity index (χ4n) is 3.70. The van der Waals surface area contributed by atoms with Crippen LogP contribution in [0.1, 0.15) is 23.7 Å². The van der Waals surface area contributed by atoms with Crippen LogP contribution in [0.2, 0.25) is 0 Å². The predicted molar refractivity (Wildman–Crippen MR) is 137 cm³/mol. The molecule has 0 atom stereocenters. The molecular weight excluding hydrogens is 528 g/mol. The Balaban J connectivity index is 0.00000400. The van der Waals surface area contributed by atoms with Gasteiger partial charge in [-0.2, -0.15) is 13.2 Å². The number of alkyl halides is 3. The summed E-state index contributed by atoms with van der Waals surface area (Å²) < 4.78 is 61.9. The summed E-state index contributed by atoms with van der Waals surface area (Å²) in [4.78, 5) is 31.0. The molecule has 0 saturated heterocycles. The van der Waals surface area contributed by atoms with Gasteiger partial charge >= 0.3 is 6.18 Å². The van der Waals surface area contributed by atoms with Crippen molar-refractivity contribution in [2.45, 2.75) is 26.4 Å². The topological polar surface area (TPSA) is 89.0 Å². The molecule has 38 heavy (non-hydrogen) atoms. The first-order valence-corrected chi connectivity index (χ1v) is 11.2. The van der Waals surface area contributed by atoms with Crippen molar-refractivity contribution in [3.8, 4) is 22.6 Å². The van der Waals surface area contributed by atoms with E-state index in [1.165, 1.54) is 41.4 Å². The lowest BCUT2D eigenvalue weighted by Crippen LogP contribution is -2.16. The van der Waals surface area contributed by atoms with Gasteiger partial charge in [0.2, 0.25) is 5.91 Å². The Hall–Kier alpha value is -4.12. The summed E-state index contributed by atoms with van der Waals surface area (Å²) in [5.74, 6) is -1.29. The first-order valence-electron chi connectivity index (χ1n) is 11.2. The predicted octanol–water partition coefficient (Wildman–Crippen LogP) is 5.70. The third-order valence-corrected chi connectivity index (χ3v) is 5.45. The number of benzene rings is 2. The van der Waals surface area contributed by atoms with Gasteiger partial charge in [-0.1, -0.05) is 12.1 Å². The zero-order valence-corrected chi connectivity index (χ0v) is 21.0. The lowest BCUT2D eigenvalue weighted by molar-refractivity contribution is -0.137. The molecule has 0 radical (unpaired) electrons. The Morgan fingerprint density at radius 1 is 1.13 bits per heavy atom. The molecule has 0 aliphatic carbocycles. The van der Waals surface area contributed by atoms with E-state index in [1.807, 2.05) is 0 Å². The maximum atomic E-state index is 14.8. The van der Waals surface area contributed by atoms with Crippen molar-refractivity contribution in [1.82, 2.24) is 14.5 Å². The molecule has 0 saturated carbocycles. The number of carbonyl (C=O) groups is 1. The molecular formula is C26H23ClF4N4O3. The molecule has 7 nitrogen and oxygen atoms in total. The van der Waals surface area contributed by atoms with Crippen LogP contribution < -0.4 is 15.6 Å². The lowest BCUT2D eigenvalue weighted by atomic mass is 10.0. The van der Waals surface area contributed by atoms with Crippen LogP contribution in [0.25, 0.3) is 16.8 Å². The number of pyridine rings is 1. The first-order chi connectivity index (χ1) is 17.5. The zero-order chi connectivity index (χ0) is 26.7. The van der Waals surface area contributed by atoms with Gasteiger partial charge in [-0.05, 0) is 55.3 Å². The van der Waals surface area contributed by atoms with Crippen LogP contribution >= 0.6 is 12.4 Å². The van der Waals surface area contributed by atoms with Crippen molar-refractivity contribution in [3.05, 3.63) is 94.2 Å². The van der Waals surface area contributed by atoms with Gasteiger partial charge in [0.05, 0.1) is 30.6 Å². The second kappa shape index (κ2) is 11.5. The van der Waals surface area contributed by atoms with E-state index in [2.05, 4.69) is 15.3 Å². The molecule has 2 aromatic carbocycles. The summed E-state index contributed by atoms with van der Waals surface area (Å²) in [5.41, 5.74) is 0.311. The zero-order valence-electron chi connectivity index (χ0n) is 20.2. The highest BCUT2D eigenvalue weighted by atomic mass is 35.5. The fraction of sp³-hybridized carbons (Fsp3) is 0.192. The number of amides is 1. The van der Waals surface area contributed by atoms with E-state index < -0.39 is 35.4 Å². The molecule has 200 valence electrons. The summed E-state index contributed by atoms with van der Waals surface area (Å²) >= 11 is 0. The van der Waals surface area contributed by atoms with Crippen molar-refractivity contribution < 1.29 is 27.1 Å². The Kier molecular flexibility index (Phi) is 8.62. The summed E-state index contributed by atoms with van der Waals surface area (Å²) in [6, 6.07) is 8.80. The number of ether oxygens (including phenoxy) is 1. The van der Waals surface area contributed by atoms with Gasteiger partial charge in [-0.25, -0.2) is 9.37 Å². The number of carbonyl (C=O) groups excluding carboxylic acids is 1. The van der Waals surface area contributed by atoms with Gasteiger partial charge in [0, 0.05) is 29.3 Å². The molecule has 0 aliphatic heterocycles. The Morgan fingerprint density at radius 2 is 1.89 bits per heavy atom. The SMILES string of the molecule is CCOc1cc(-c2ccc(CC(=O)Nc3cc(-n4cnc(C)c4)cc(C(F)(F)F)c3)c(F)c2)c[nH]c1=O.Cl. The van der Waals surface area contributed by atoms with E-state index in [4.69, 9.17) is 4.74 Å². The molecule has 2 N–H and O–H groups in total. The third-order valence-electron chi connectivity index (χ3n) is 5.45. The van der Waals surface area contributed by atoms with Gasteiger partial charge in [0.25, 0.3) is 5.56 Å². The van der Waals surface area contributed by atoms with Crippen LogP contribution in [0.3, 0.4) is 0 Å². The number of nitrogens with one attached hydrogen (secondary N) is 2. The Labute approximate surface area is 220 Å². The smallest absolute Gasteiger partial charge is 0.416 e. The molecule has 0 aliphatic rings. The largest absolute Gasteiger partial charge is 0.488 e. The van der Waals surface area contributed by atoms with Crippen molar-refractivity contribution >= 4 is 24.0 Å². The molecule has 0 unspecified atom stereocenters. The van der Waals surface area contributed by atoms with E-state index in [0.717, 1.165) is 12.1 Å². The van der Waals surface area contributed by atoms with Gasteiger partial charge in [-0.15, -0.1) is 12.4 Å². The lowest BCUT2D eigenvalue weighted by Gasteiger charge is -2.14. The molecule has 2 aromatic heterocycles. The first kappa shape index (κ1) is 28.5. The minimum atomic E-state index is -4.64. The molecule has 1 amide bonds. The fourth-order valence-corrected chi connectivity index (χ4v) is 3.70. The molecule has 4 rings (SSSR count). The number of anilines is 1. The normalized spacial score (nSPS) is 11.1. The Morgan fingerprint density at radius 3 is 2.53 bits per heavy atom. The standard InChI is InChI=1S/C26H22F4N4O3.ClH/c1-3-37-23-7-18(12-31-25(23)36)16-4-5-17(22(27)6-16)8-24(35)33-20-9-19(26(28,29)30)10-21(11-20)34-13-15(2)32-14-34;/h4-7,9-14H,3,8H2,1-2H3,(H,31,36)(H,33,35);1H. The molecule has 0 fully saturated rings. The minimum absolute atomic E-state index is 0. The monoisotopic (exact) mass is 550 g/mol. The van der Waals surface area contributed by atoms with Crippen LogP contribution in [-0.2, 0) is 17.4 Å². The highest BCUT2D eigenvalue weighted by Gasteiger charge is 2.31. The average molecular weight is 551 g/mol. The van der Waals surface area contributed by atoms with E-state index in [9.17, 15) is 27.2 Å². The summed E-state index contributed by atoms with van der Waals surface area (Å²) in [6.07, 6.45) is -0.710. The summed E-state index contributed by atoms with van der Waals surface area (Å²) in [5, 5.41) is 2.43. The third kappa shape index (κ3) is 6.60.